The van der Waals surface area contributed by atoms with Crippen molar-refractivity contribution in [1.82, 2.24) is 4.98 Å². The molecule has 5 rings (SSSR count). The van der Waals surface area contributed by atoms with Crippen molar-refractivity contribution in [2.45, 2.75) is 45.1 Å². The average molecular weight is 420 g/mol. The van der Waals surface area contributed by atoms with Gasteiger partial charge >= 0.3 is 11.6 Å². The van der Waals surface area contributed by atoms with E-state index < -0.39 is 5.63 Å². The fourth-order valence-electron chi connectivity index (χ4n) is 4.06. The summed E-state index contributed by atoms with van der Waals surface area (Å²) in [7, 11) is 0. The van der Waals surface area contributed by atoms with Crippen molar-refractivity contribution >= 4 is 38.5 Å². The van der Waals surface area contributed by atoms with Gasteiger partial charge in [-0.05, 0) is 67.5 Å². The minimum atomic E-state index is -0.415. The summed E-state index contributed by atoms with van der Waals surface area (Å²) in [5.74, 6) is -0.265. The van der Waals surface area contributed by atoms with Gasteiger partial charge in [-0.3, -0.25) is 4.79 Å². The molecule has 2 aromatic heterocycles. The summed E-state index contributed by atoms with van der Waals surface area (Å²) in [4.78, 5) is 28.8. The molecule has 0 amide bonds. The highest BCUT2D eigenvalue weighted by molar-refractivity contribution is 7.18. The Bertz CT molecular complexity index is 1270. The monoisotopic (exact) mass is 419 g/mol. The fourth-order valence-corrected chi connectivity index (χ4v) is 5.06. The predicted molar refractivity (Wildman–Crippen MR) is 117 cm³/mol. The Morgan fingerprint density at radius 2 is 1.97 bits per heavy atom. The van der Waals surface area contributed by atoms with Gasteiger partial charge < -0.3 is 9.15 Å². The van der Waals surface area contributed by atoms with E-state index in [-0.39, 0.29) is 12.6 Å². The predicted octanol–water partition coefficient (Wildman–Crippen LogP) is 4.96. The molecule has 0 radical (unpaired) electrons. The maximum Gasteiger partial charge on any atom is 0.336 e. The molecule has 2 heterocycles. The highest BCUT2D eigenvalue weighted by Gasteiger charge is 2.16. The van der Waals surface area contributed by atoms with Crippen molar-refractivity contribution in [2.24, 2.45) is 0 Å². The van der Waals surface area contributed by atoms with Crippen molar-refractivity contribution in [3.63, 3.8) is 0 Å². The SMILES string of the molecule is O=C(CCCc1nc2ccccc2s1)OCc1cc(=O)oc2cc3c(cc12)CCC3. The molecule has 6 heteroatoms. The zero-order valence-electron chi connectivity index (χ0n) is 16.5. The third kappa shape index (κ3) is 3.87. The number of hydrogen-bond acceptors (Lipinski definition) is 6. The molecule has 0 saturated carbocycles. The highest BCUT2D eigenvalue weighted by atomic mass is 32.1. The van der Waals surface area contributed by atoms with Crippen LogP contribution in [0.2, 0.25) is 0 Å². The second-order valence-corrected chi connectivity index (χ2v) is 8.77. The van der Waals surface area contributed by atoms with Gasteiger partial charge in [0.1, 0.15) is 12.2 Å². The van der Waals surface area contributed by atoms with Crippen molar-refractivity contribution in [3.05, 3.63) is 74.6 Å². The molecular formula is C24H21NO4S. The van der Waals surface area contributed by atoms with Gasteiger partial charge in [-0.25, -0.2) is 9.78 Å². The molecule has 30 heavy (non-hydrogen) atoms. The molecule has 152 valence electrons. The summed E-state index contributed by atoms with van der Waals surface area (Å²) in [5, 5.41) is 1.89. The van der Waals surface area contributed by atoms with Crippen LogP contribution in [0.25, 0.3) is 21.2 Å². The lowest BCUT2D eigenvalue weighted by Crippen LogP contribution is -2.08. The third-order valence-electron chi connectivity index (χ3n) is 5.54. The van der Waals surface area contributed by atoms with Gasteiger partial charge in [0.2, 0.25) is 0 Å². The van der Waals surface area contributed by atoms with Gasteiger partial charge in [0, 0.05) is 23.4 Å². The molecule has 0 N–H and O–H groups in total. The third-order valence-corrected chi connectivity index (χ3v) is 6.64. The van der Waals surface area contributed by atoms with Crippen molar-refractivity contribution in [1.29, 1.82) is 0 Å². The number of para-hydroxylation sites is 1. The van der Waals surface area contributed by atoms with Gasteiger partial charge in [0.15, 0.2) is 0 Å². The summed E-state index contributed by atoms with van der Waals surface area (Å²) < 4.78 is 12.0. The van der Waals surface area contributed by atoms with Gasteiger partial charge in [-0.1, -0.05) is 12.1 Å². The molecule has 1 aliphatic carbocycles. The quantitative estimate of drug-likeness (QED) is 0.326. The second-order valence-electron chi connectivity index (χ2n) is 7.65. The average Bonchev–Trinajstić information content (AvgIpc) is 3.36. The van der Waals surface area contributed by atoms with Gasteiger partial charge in [0.25, 0.3) is 0 Å². The van der Waals surface area contributed by atoms with Crippen LogP contribution in [0.5, 0.6) is 0 Å². The summed E-state index contributed by atoms with van der Waals surface area (Å²) in [6.07, 6.45) is 4.93. The largest absolute Gasteiger partial charge is 0.461 e. The van der Waals surface area contributed by atoms with E-state index in [0.717, 1.165) is 46.3 Å². The maximum atomic E-state index is 12.2. The minimum absolute atomic E-state index is 0.0842. The smallest absolute Gasteiger partial charge is 0.336 e. The van der Waals surface area contributed by atoms with E-state index in [1.807, 2.05) is 24.3 Å². The molecular weight excluding hydrogens is 398 g/mol. The number of thiazole rings is 1. The molecule has 0 bridgehead atoms. The lowest BCUT2D eigenvalue weighted by atomic mass is 10.0. The van der Waals surface area contributed by atoms with Gasteiger partial charge in [-0.2, -0.15) is 0 Å². The van der Waals surface area contributed by atoms with Crippen LogP contribution in [0.1, 0.15) is 41.0 Å². The van der Waals surface area contributed by atoms with E-state index in [1.54, 1.807) is 11.3 Å². The molecule has 1 aliphatic rings. The number of carbonyl (C=O) groups excluding carboxylic acids is 1. The second kappa shape index (κ2) is 8.03. The Morgan fingerprint density at radius 3 is 2.83 bits per heavy atom. The van der Waals surface area contributed by atoms with Crippen molar-refractivity contribution in [3.8, 4) is 0 Å². The van der Waals surface area contributed by atoms with Crippen LogP contribution >= 0.6 is 11.3 Å². The van der Waals surface area contributed by atoms with Crippen LogP contribution in [0.15, 0.2) is 51.7 Å². The van der Waals surface area contributed by atoms with E-state index in [2.05, 4.69) is 17.1 Å². The summed E-state index contributed by atoms with van der Waals surface area (Å²) in [6, 6.07) is 13.5. The Kier molecular flexibility index (Phi) is 5.09. The molecule has 2 aromatic carbocycles. The Labute approximate surface area is 177 Å². The first-order valence-corrected chi connectivity index (χ1v) is 11.1. The number of hydrogen-bond donors (Lipinski definition) is 0. The summed E-state index contributed by atoms with van der Waals surface area (Å²) in [5.41, 5.74) is 4.40. The van der Waals surface area contributed by atoms with E-state index >= 15 is 0 Å². The number of aromatic nitrogens is 1. The Morgan fingerprint density at radius 1 is 1.13 bits per heavy atom. The van der Waals surface area contributed by atoms with E-state index in [0.29, 0.717) is 24.0 Å². The van der Waals surface area contributed by atoms with Crippen LogP contribution in [0.4, 0.5) is 0 Å². The number of fused-ring (bicyclic) bond motifs is 3. The van der Waals surface area contributed by atoms with Crippen molar-refractivity contribution < 1.29 is 13.9 Å². The van der Waals surface area contributed by atoms with Gasteiger partial charge in [-0.15, -0.1) is 11.3 Å². The first kappa shape index (κ1) is 19.0. The topological polar surface area (TPSA) is 69.4 Å². The number of aryl methyl sites for hydroxylation is 3. The Balaban J connectivity index is 1.22. The van der Waals surface area contributed by atoms with Crippen LogP contribution in [-0.4, -0.2) is 11.0 Å². The highest BCUT2D eigenvalue weighted by Crippen LogP contribution is 2.29. The number of rotatable bonds is 6. The Hall–Kier alpha value is -2.99. The van der Waals surface area contributed by atoms with Crippen LogP contribution < -0.4 is 5.63 Å². The normalized spacial score (nSPS) is 13.1. The van der Waals surface area contributed by atoms with Crippen LogP contribution in [0, 0.1) is 0 Å². The number of esters is 1. The first-order valence-electron chi connectivity index (χ1n) is 10.2. The van der Waals surface area contributed by atoms with E-state index in [4.69, 9.17) is 9.15 Å². The zero-order valence-corrected chi connectivity index (χ0v) is 17.3. The number of ether oxygens (including phenoxy) is 1. The fraction of sp³-hybridized carbons (Fsp3) is 0.292. The number of benzene rings is 2. The van der Waals surface area contributed by atoms with Crippen LogP contribution in [-0.2, 0) is 35.4 Å². The maximum absolute atomic E-state index is 12.2. The molecule has 0 fully saturated rings. The molecule has 5 nitrogen and oxygen atoms in total. The molecule has 0 aliphatic heterocycles. The lowest BCUT2D eigenvalue weighted by molar-refractivity contribution is -0.145. The molecule has 0 atom stereocenters. The van der Waals surface area contributed by atoms with Crippen LogP contribution in [0.3, 0.4) is 0 Å². The number of carbonyl (C=O) groups is 1. The lowest BCUT2D eigenvalue weighted by Gasteiger charge is -2.09. The summed E-state index contributed by atoms with van der Waals surface area (Å²) in [6.45, 7) is 0.0842. The standard InChI is InChI=1S/C24H21NO4S/c26-23(10-4-9-22-25-19-7-1-2-8-21(19)30-22)28-14-17-13-24(27)29-20-12-16-6-3-5-15(16)11-18(17)20/h1-2,7-8,11-13H,3-6,9-10,14H2. The molecule has 0 saturated heterocycles. The number of nitrogens with zero attached hydrogens (tertiary/aromatic N) is 1. The first-order chi connectivity index (χ1) is 14.7. The van der Waals surface area contributed by atoms with E-state index in [1.165, 1.54) is 17.2 Å². The van der Waals surface area contributed by atoms with Crippen molar-refractivity contribution in [2.75, 3.05) is 0 Å². The minimum Gasteiger partial charge on any atom is -0.461 e. The van der Waals surface area contributed by atoms with Gasteiger partial charge in [0.05, 0.1) is 15.2 Å². The zero-order chi connectivity index (χ0) is 20.5. The molecule has 0 spiro atoms. The summed E-state index contributed by atoms with van der Waals surface area (Å²) >= 11 is 1.66. The molecule has 4 aromatic rings. The van der Waals surface area contributed by atoms with E-state index in [9.17, 15) is 9.59 Å². The molecule has 0 unspecified atom stereocenters.